The predicted octanol–water partition coefficient (Wildman–Crippen LogP) is 7.84. The molecule has 3 aliphatic rings. The molecule has 0 heterocycles. The van der Waals surface area contributed by atoms with Crippen LogP contribution in [0.4, 0.5) is 4.39 Å². The van der Waals surface area contributed by atoms with Crippen LogP contribution in [0.15, 0.2) is 30.3 Å². The Balaban J connectivity index is 1.45. The van der Waals surface area contributed by atoms with E-state index in [-0.39, 0.29) is 34.5 Å². The minimum Gasteiger partial charge on any atom is -0.425 e. The second kappa shape index (κ2) is 11.5. The van der Waals surface area contributed by atoms with E-state index < -0.39 is 5.97 Å². The summed E-state index contributed by atoms with van der Waals surface area (Å²) in [4.78, 5) is 11.7. The zero-order chi connectivity index (χ0) is 26.5. The lowest BCUT2D eigenvalue weighted by Gasteiger charge is -2.54. The highest BCUT2D eigenvalue weighted by molar-refractivity contribution is 5.73. The summed E-state index contributed by atoms with van der Waals surface area (Å²) in [5.74, 6) is -0.460. The van der Waals surface area contributed by atoms with Crippen molar-refractivity contribution >= 4 is 5.97 Å². The lowest BCUT2D eigenvalue weighted by Crippen LogP contribution is -2.44. The Kier molecular flexibility index (Phi) is 8.33. The number of nitriles is 2. The number of carbonyl (C=O) groups excluding carboxylic acids is 1. The molecule has 3 fully saturated rings. The van der Waals surface area contributed by atoms with Gasteiger partial charge in [0.1, 0.15) is 29.3 Å². The third-order valence-corrected chi connectivity index (χ3v) is 8.99. The van der Waals surface area contributed by atoms with Crippen molar-refractivity contribution < 1.29 is 13.9 Å². The van der Waals surface area contributed by atoms with Gasteiger partial charge in [0, 0.05) is 6.42 Å². The molecule has 5 heteroatoms. The first-order valence-corrected chi connectivity index (χ1v) is 13.8. The molecule has 194 valence electrons. The van der Waals surface area contributed by atoms with Crippen LogP contribution in [0.2, 0.25) is 0 Å². The van der Waals surface area contributed by atoms with Gasteiger partial charge in [0.15, 0.2) is 0 Å². The summed E-state index contributed by atoms with van der Waals surface area (Å²) in [5, 5.41) is 19.3. The van der Waals surface area contributed by atoms with Gasteiger partial charge in [-0.2, -0.15) is 10.5 Å². The van der Waals surface area contributed by atoms with Crippen LogP contribution in [0.25, 0.3) is 0 Å². The van der Waals surface area contributed by atoms with E-state index in [1.807, 2.05) is 18.2 Å². The van der Waals surface area contributed by atoms with Gasteiger partial charge in [-0.3, -0.25) is 4.79 Å². The Hall–Kier alpha value is -3.18. The number of aryl methyl sites for hydroxylation is 2. The summed E-state index contributed by atoms with van der Waals surface area (Å²) in [6.45, 7) is 3.92. The standard InChI is InChI=1S/C32H37FN2O2/c1-3-5-6-13-31-14-17-32(18-15-31,19-16-31)27-11-8-23(20-28(27)33)7-9-24-10-12-29(37-30(36)4-2)26(22-35)25(24)21-34/h8,10-12,20H,3-7,9,13-19H2,1-2H3. The van der Waals surface area contributed by atoms with E-state index in [0.29, 0.717) is 23.8 Å². The van der Waals surface area contributed by atoms with Crippen LogP contribution >= 0.6 is 0 Å². The number of benzene rings is 2. The van der Waals surface area contributed by atoms with Crippen LogP contribution in [-0.2, 0) is 23.1 Å². The quantitative estimate of drug-likeness (QED) is 0.189. The van der Waals surface area contributed by atoms with Gasteiger partial charge in [0.25, 0.3) is 0 Å². The van der Waals surface area contributed by atoms with E-state index in [9.17, 15) is 15.3 Å². The molecule has 0 atom stereocenters. The summed E-state index contributed by atoms with van der Waals surface area (Å²) in [6, 6.07) is 13.1. The van der Waals surface area contributed by atoms with Crippen molar-refractivity contribution in [1.29, 1.82) is 10.5 Å². The molecule has 0 saturated heterocycles. The number of nitrogens with zero attached hydrogens (tertiary/aromatic N) is 2. The molecule has 0 radical (unpaired) electrons. The van der Waals surface area contributed by atoms with Gasteiger partial charge in [0.05, 0.1) is 5.56 Å². The lowest BCUT2D eigenvalue weighted by molar-refractivity contribution is -0.134. The molecule has 0 aliphatic heterocycles. The van der Waals surface area contributed by atoms with Gasteiger partial charge in [0.2, 0.25) is 0 Å². The molecule has 37 heavy (non-hydrogen) atoms. The van der Waals surface area contributed by atoms with Gasteiger partial charge in [-0.15, -0.1) is 0 Å². The van der Waals surface area contributed by atoms with Gasteiger partial charge in [-0.05, 0) is 97.4 Å². The van der Waals surface area contributed by atoms with Crippen molar-refractivity contribution in [2.75, 3.05) is 0 Å². The minimum atomic E-state index is -0.457. The second-order valence-electron chi connectivity index (χ2n) is 11.1. The van der Waals surface area contributed by atoms with Crippen LogP contribution in [-0.4, -0.2) is 5.97 Å². The average molecular weight is 501 g/mol. The molecule has 2 bridgehead atoms. The van der Waals surface area contributed by atoms with Crippen molar-refractivity contribution in [3.8, 4) is 17.9 Å². The summed E-state index contributed by atoms with van der Waals surface area (Å²) >= 11 is 0. The Morgan fingerprint density at radius 2 is 1.65 bits per heavy atom. The molecular formula is C32H37FN2O2. The van der Waals surface area contributed by atoms with Crippen LogP contribution < -0.4 is 4.74 Å². The zero-order valence-corrected chi connectivity index (χ0v) is 22.2. The van der Waals surface area contributed by atoms with Gasteiger partial charge < -0.3 is 4.74 Å². The number of hydrogen-bond acceptors (Lipinski definition) is 4. The summed E-state index contributed by atoms with van der Waals surface area (Å²) in [6.07, 6.45) is 13.4. The van der Waals surface area contributed by atoms with E-state index in [2.05, 4.69) is 13.0 Å². The van der Waals surface area contributed by atoms with Crippen molar-refractivity contribution in [3.63, 3.8) is 0 Å². The highest BCUT2D eigenvalue weighted by Crippen LogP contribution is 2.59. The monoisotopic (exact) mass is 500 g/mol. The molecule has 0 amide bonds. The average Bonchev–Trinajstić information content (AvgIpc) is 2.93. The number of esters is 1. The van der Waals surface area contributed by atoms with E-state index in [0.717, 1.165) is 30.4 Å². The van der Waals surface area contributed by atoms with E-state index >= 15 is 4.39 Å². The molecule has 0 spiro atoms. The molecule has 0 N–H and O–H groups in total. The number of rotatable bonds is 10. The zero-order valence-electron chi connectivity index (χ0n) is 22.2. The van der Waals surface area contributed by atoms with Crippen molar-refractivity contribution in [2.45, 2.75) is 103 Å². The molecule has 2 aromatic carbocycles. The molecule has 0 aromatic heterocycles. The van der Waals surface area contributed by atoms with E-state index in [1.54, 1.807) is 25.1 Å². The van der Waals surface area contributed by atoms with E-state index in [1.165, 1.54) is 44.9 Å². The highest BCUT2D eigenvalue weighted by atomic mass is 19.1. The third kappa shape index (κ3) is 5.57. The van der Waals surface area contributed by atoms with Crippen LogP contribution in [0.5, 0.6) is 5.75 Å². The second-order valence-corrected chi connectivity index (χ2v) is 11.1. The van der Waals surface area contributed by atoms with Crippen molar-refractivity contribution in [2.24, 2.45) is 5.41 Å². The SMILES string of the molecule is CCCCCC12CCC(c3ccc(CCc4ccc(OC(=O)CC)c(C#N)c4C#N)cc3F)(CC1)CC2. The minimum absolute atomic E-state index is 0.0173. The fourth-order valence-electron chi connectivity index (χ4n) is 6.57. The van der Waals surface area contributed by atoms with Crippen molar-refractivity contribution in [3.05, 3.63) is 64.0 Å². The Bertz CT molecular complexity index is 1210. The maximum absolute atomic E-state index is 15.5. The van der Waals surface area contributed by atoms with Crippen LogP contribution in [0.1, 0.15) is 112 Å². The predicted molar refractivity (Wildman–Crippen MR) is 142 cm³/mol. The first-order valence-electron chi connectivity index (χ1n) is 13.8. The molecule has 4 nitrogen and oxygen atoms in total. The Labute approximate surface area is 220 Å². The fourth-order valence-corrected chi connectivity index (χ4v) is 6.57. The fraction of sp³-hybridized carbons (Fsp3) is 0.531. The maximum atomic E-state index is 15.5. The smallest absolute Gasteiger partial charge is 0.310 e. The highest BCUT2D eigenvalue weighted by Gasteiger charge is 2.49. The maximum Gasteiger partial charge on any atom is 0.310 e. The lowest BCUT2D eigenvalue weighted by atomic mass is 9.51. The summed E-state index contributed by atoms with van der Waals surface area (Å²) in [5.41, 5.74) is 3.22. The number of carbonyl (C=O) groups is 1. The van der Waals surface area contributed by atoms with Crippen LogP contribution in [0, 0.1) is 33.9 Å². The largest absolute Gasteiger partial charge is 0.425 e. The molecule has 5 rings (SSSR count). The van der Waals surface area contributed by atoms with Gasteiger partial charge in [-0.25, -0.2) is 4.39 Å². The first-order chi connectivity index (χ1) is 17.9. The number of ether oxygens (including phenoxy) is 1. The van der Waals surface area contributed by atoms with Gasteiger partial charge in [-0.1, -0.05) is 51.3 Å². The molecule has 0 unspecified atom stereocenters. The van der Waals surface area contributed by atoms with E-state index in [4.69, 9.17) is 4.74 Å². The number of unbranched alkanes of at least 4 members (excludes halogenated alkanes) is 2. The summed E-state index contributed by atoms with van der Waals surface area (Å²) < 4.78 is 20.7. The first kappa shape index (κ1) is 26.9. The molecular weight excluding hydrogens is 463 g/mol. The molecule has 3 aliphatic carbocycles. The van der Waals surface area contributed by atoms with Crippen LogP contribution in [0.3, 0.4) is 0 Å². The van der Waals surface area contributed by atoms with Gasteiger partial charge >= 0.3 is 5.97 Å². The van der Waals surface area contributed by atoms with Crippen molar-refractivity contribution in [1.82, 2.24) is 0 Å². The molecule has 2 aromatic rings. The Morgan fingerprint density at radius 3 is 2.24 bits per heavy atom. The number of hydrogen-bond donors (Lipinski definition) is 0. The topological polar surface area (TPSA) is 73.9 Å². The summed E-state index contributed by atoms with van der Waals surface area (Å²) in [7, 11) is 0. The third-order valence-electron chi connectivity index (χ3n) is 8.99. The molecule has 3 saturated carbocycles. The number of halogens is 1. The Morgan fingerprint density at radius 1 is 0.946 bits per heavy atom. The number of fused-ring (bicyclic) bond motifs is 3. The normalized spacial score (nSPS) is 22.3.